The maximum atomic E-state index is 10.9. The third-order valence-corrected chi connectivity index (χ3v) is 3.20. The zero-order valence-electron chi connectivity index (χ0n) is 12.9. The fourth-order valence-corrected chi connectivity index (χ4v) is 2.15. The fraction of sp³-hybridized carbons (Fsp3) is 0.235. The molecule has 2 rings (SSSR count). The number of nitrogens with two attached hydrogens (primary N) is 1. The third kappa shape index (κ3) is 3.49. The van der Waals surface area contributed by atoms with E-state index < -0.39 is 5.91 Å². The molecule has 0 saturated heterocycles. The largest absolute Gasteiger partial charge is 0.493 e. The molecule has 116 valence electrons. The van der Waals surface area contributed by atoms with Crippen molar-refractivity contribution in [3.63, 3.8) is 0 Å². The summed E-state index contributed by atoms with van der Waals surface area (Å²) in [4.78, 5) is 10.9. The molecule has 0 atom stereocenters. The van der Waals surface area contributed by atoms with Gasteiger partial charge in [0.1, 0.15) is 5.75 Å². The van der Waals surface area contributed by atoms with Crippen molar-refractivity contribution >= 4 is 5.91 Å². The molecular formula is C17H19NO4. The predicted octanol–water partition coefficient (Wildman–Crippen LogP) is 2.54. The van der Waals surface area contributed by atoms with Crippen LogP contribution in [-0.2, 0) is 4.79 Å². The first-order valence-corrected chi connectivity index (χ1v) is 6.79. The van der Waals surface area contributed by atoms with Crippen LogP contribution in [0.25, 0.3) is 11.1 Å². The number of hydrogen-bond donors (Lipinski definition) is 1. The summed E-state index contributed by atoms with van der Waals surface area (Å²) >= 11 is 0. The van der Waals surface area contributed by atoms with E-state index >= 15 is 0 Å². The topological polar surface area (TPSA) is 70.8 Å². The molecular weight excluding hydrogens is 282 g/mol. The van der Waals surface area contributed by atoms with Crippen molar-refractivity contribution in [3.8, 4) is 28.4 Å². The molecule has 2 aromatic rings. The summed E-state index contributed by atoms with van der Waals surface area (Å²) in [6.45, 7) is 1.82. The number of primary amides is 1. The maximum absolute atomic E-state index is 10.9. The number of benzene rings is 2. The highest BCUT2D eigenvalue weighted by Gasteiger charge is 2.11. The fourth-order valence-electron chi connectivity index (χ4n) is 2.15. The van der Waals surface area contributed by atoms with Crippen LogP contribution >= 0.6 is 0 Å². The molecule has 0 radical (unpaired) electrons. The standard InChI is InChI=1S/C17H19NO4/c1-11-4-6-14(22-10-17(18)19)13(8-11)12-5-7-15(20-2)16(9-12)21-3/h4-9H,10H2,1-3H3,(H2,18,19). The number of rotatable bonds is 6. The van der Waals surface area contributed by atoms with Gasteiger partial charge >= 0.3 is 0 Å². The molecule has 0 aliphatic carbocycles. The van der Waals surface area contributed by atoms with Crippen molar-refractivity contribution in [2.75, 3.05) is 20.8 Å². The molecule has 1 amide bonds. The van der Waals surface area contributed by atoms with Gasteiger partial charge in [-0.25, -0.2) is 0 Å². The number of carbonyl (C=O) groups is 1. The zero-order chi connectivity index (χ0) is 16.1. The first-order valence-electron chi connectivity index (χ1n) is 6.79. The Morgan fingerprint density at radius 3 is 2.32 bits per heavy atom. The Morgan fingerprint density at radius 1 is 1.00 bits per heavy atom. The van der Waals surface area contributed by atoms with Crippen LogP contribution in [0, 0.1) is 6.92 Å². The monoisotopic (exact) mass is 301 g/mol. The maximum Gasteiger partial charge on any atom is 0.255 e. The van der Waals surface area contributed by atoms with Crippen molar-refractivity contribution in [1.82, 2.24) is 0 Å². The number of carbonyl (C=O) groups excluding carboxylic acids is 1. The van der Waals surface area contributed by atoms with Crippen LogP contribution in [0.4, 0.5) is 0 Å². The molecule has 2 N–H and O–H groups in total. The van der Waals surface area contributed by atoms with Crippen molar-refractivity contribution in [3.05, 3.63) is 42.0 Å². The number of ether oxygens (including phenoxy) is 3. The molecule has 0 fully saturated rings. The van der Waals surface area contributed by atoms with Crippen molar-refractivity contribution < 1.29 is 19.0 Å². The summed E-state index contributed by atoms with van der Waals surface area (Å²) < 4.78 is 16.1. The summed E-state index contributed by atoms with van der Waals surface area (Å²) in [6.07, 6.45) is 0. The molecule has 0 spiro atoms. The Labute approximate surface area is 129 Å². The van der Waals surface area contributed by atoms with Gasteiger partial charge in [-0.1, -0.05) is 17.7 Å². The first-order chi connectivity index (χ1) is 10.5. The molecule has 5 nitrogen and oxygen atoms in total. The highest BCUT2D eigenvalue weighted by molar-refractivity contribution is 5.77. The molecule has 5 heteroatoms. The summed E-state index contributed by atoms with van der Waals surface area (Å²) in [5.74, 6) is 1.36. The van der Waals surface area contributed by atoms with Gasteiger partial charge in [-0.05, 0) is 36.8 Å². The Bertz CT molecular complexity index is 682. The molecule has 0 unspecified atom stereocenters. The van der Waals surface area contributed by atoms with Crippen molar-refractivity contribution in [2.45, 2.75) is 6.92 Å². The number of hydrogen-bond acceptors (Lipinski definition) is 4. The van der Waals surface area contributed by atoms with Gasteiger partial charge in [0.2, 0.25) is 0 Å². The Hall–Kier alpha value is -2.69. The van der Waals surface area contributed by atoms with Crippen LogP contribution in [-0.4, -0.2) is 26.7 Å². The molecule has 0 aromatic heterocycles. The van der Waals surface area contributed by atoms with Gasteiger partial charge in [0.05, 0.1) is 14.2 Å². The van der Waals surface area contributed by atoms with Crippen LogP contribution in [0.5, 0.6) is 17.2 Å². The van der Waals surface area contributed by atoms with Gasteiger partial charge in [-0.2, -0.15) is 0 Å². The van der Waals surface area contributed by atoms with E-state index in [9.17, 15) is 4.79 Å². The van der Waals surface area contributed by atoms with Crippen LogP contribution in [0.2, 0.25) is 0 Å². The van der Waals surface area contributed by atoms with Gasteiger partial charge in [-0.3, -0.25) is 4.79 Å². The number of aryl methyl sites for hydroxylation is 1. The van der Waals surface area contributed by atoms with Crippen LogP contribution in [0.1, 0.15) is 5.56 Å². The molecule has 22 heavy (non-hydrogen) atoms. The Balaban J connectivity index is 2.46. The zero-order valence-corrected chi connectivity index (χ0v) is 12.9. The van der Waals surface area contributed by atoms with E-state index in [4.69, 9.17) is 19.9 Å². The Morgan fingerprint density at radius 2 is 1.68 bits per heavy atom. The van der Waals surface area contributed by atoms with Crippen LogP contribution < -0.4 is 19.9 Å². The van der Waals surface area contributed by atoms with E-state index in [-0.39, 0.29) is 6.61 Å². The molecule has 0 bridgehead atoms. The van der Waals surface area contributed by atoms with Crippen molar-refractivity contribution in [2.24, 2.45) is 5.73 Å². The summed E-state index contributed by atoms with van der Waals surface area (Å²) in [5, 5.41) is 0. The summed E-state index contributed by atoms with van der Waals surface area (Å²) in [7, 11) is 3.17. The Kier molecular flexibility index (Phi) is 4.88. The minimum Gasteiger partial charge on any atom is -0.493 e. The quantitative estimate of drug-likeness (QED) is 0.890. The molecule has 0 saturated carbocycles. The number of amides is 1. The van der Waals surface area contributed by atoms with Gasteiger partial charge in [-0.15, -0.1) is 0 Å². The normalized spacial score (nSPS) is 10.1. The highest BCUT2D eigenvalue weighted by Crippen LogP contribution is 2.36. The van der Waals surface area contributed by atoms with Gasteiger partial charge in [0.15, 0.2) is 18.1 Å². The minimum atomic E-state index is -0.515. The lowest BCUT2D eigenvalue weighted by Gasteiger charge is -2.14. The lowest BCUT2D eigenvalue weighted by atomic mass is 10.0. The number of methoxy groups -OCH3 is 2. The third-order valence-electron chi connectivity index (χ3n) is 3.20. The second-order valence-electron chi connectivity index (χ2n) is 4.82. The average molecular weight is 301 g/mol. The van der Waals surface area contributed by atoms with Gasteiger partial charge < -0.3 is 19.9 Å². The summed E-state index contributed by atoms with van der Waals surface area (Å²) in [5.41, 5.74) is 7.99. The second kappa shape index (κ2) is 6.85. The van der Waals surface area contributed by atoms with Gasteiger partial charge in [0.25, 0.3) is 5.91 Å². The summed E-state index contributed by atoms with van der Waals surface area (Å²) in [6, 6.07) is 11.3. The van der Waals surface area contributed by atoms with E-state index in [1.807, 2.05) is 43.3 Å². The molecule has 0 heterocycles. The van der Waals surface area contributed by atoms with E-state index in [0.717, 1.165) is 16.7 Å². The van der Waals surface area contributed by atoms with Crippen LogP contribution in [0.3, 0.4) is 0 Å². The lowest BCUT2D eigenvalue weighted by molar-refractivity contribution is -0.119. The van der Waals surface area contributed by atoms with E-state index in [0.29, 0.717) is 17.2 Å². The van der Waals surface area contributed by atoms with E-state index in [1.54, 1.807) is 14.2 Å². The minimum absolute atomic E-state index is 0.163. The van der Waals surface area contributed by atoms with E-state index in [2.05, 4.69) is 0 Å². The second-order valence-corrected chi connectivity index (χ2v) is 4.82. The lowest BCUT2D eigenvalue weighted by Crippen LogP contribution is -2.20. The average Bonchev–Trinajstić information content (AvgIpc) is 2.52. The predicted molar refractivity (Wildman–Crippen MR) is 84.4 cm³/mol. The van der Waals surface area contributed by atoms with Crippen molar-refractivity contribution in [1.29, 1.82) is 0 Å². The van der Waals surface area contributed by atoms with Gasteiger partial charge in [0, 0.05) is 5.56 Å². The molecule has 0 aliphatic rings. The highest BCUT2D eigenvalue weighted by atomic mass is 16.5. The van der Waals surface area contributed by atoms with Crippen LogP contribution in [0.15, 0.2) is 36.4 Å². The van der Waals surface area contributed by atoms with E-state index in [1.165, 1.54) is 0 Å². The smallest absolute Gasteiger partial charge is 0.255 e. The first kappa shape index (κ1) is 15.7. The molecule has 2 aromatic carbocycles. The molecule has 0 aliphatic heterocycles. The SMILES string of the molecule is COc1ccc(-c2cc(C)ccc2OCC(N)=O)cc1OC.